The molecule has 0 amide bonds. The molecule has 1 heterocycles. The molecule has 0 fully saturated rings. The maximum Gasteiger partial charge on any atom is 0.356 e. The summed E-state index contributed by atoms with van der Waals surface area (Å²) < 4.78 is 26.4. The standard InChI is InChI=1S/C12H6ClF2NO2S/c13-7-2-4-10(16-11(7)12(17)18)19-9-5-6(14)1-3-8(9)15/h1-5H,(H,17,18). The van der Waals surface area contributed by atoms with Crippen LogP contribution in [0.4, 0.5) is 8.78 Å². The minimum atomic E-state index is -1.29. The maximum atomic E-state index is 13.4. The van der Waals surface area contributed by atoms with Gasteiger partial charge in [0.05, 0.1) is 9.92 Å². The summed E-state index contributed by atoms with van der Waals surface area (Å²) in [6.45, 7) is 0. The molecule has 0 aliphatic rings. The zero-order valence-corrected chi connectivity index (χ0v) is 10.8. The molecule has 0 bridgehead atoms. The first-order valence-corrected chi connectivity index (χ1v) is 6.19. The first kappa shape index (κ1) is 13.8. The molecular weight excluding hydrogens is 296 g/mol. The van der Waals surface area contributed by atoms with Gasteiger partial charge in [-0.05, 0) is 30.3 Å². The number of benzene rings is 1. The maximum absolute atomic E-state index is 13.4. The lowest BCUT2D eigenvalue weighted by Gasteiger charge is -2.04. The van der Waals surface area contributed by atoms with Gasteiger partial charge in [0.1, 0.15) is 16.7 Å². The van der Waals surface area contributed by atoms with Crippen molar-refractivity contribution in [3.05, 3.63) is 52.7 Å². The molecule has 1 N–H and O–H groups in total. The molecule has 0 aliphatic carbocycles. The summed E-state index contributed by atoms with van der Waals surface area (Å²) in [5, 5.41) is 9.06. The van der Waals surface area contributed by atoms with Gasteiger partial charge in [0, 0.05) is 0 Å². The van der Waals surface area contributed by atoms with Gasteiger partial charge in [0.15, 0.2) is 5.69 Å². The number of hydrogen-bond acceptors (Lipinski definition) is 3. The highest BCUT2D eigenvalue weighted by atomic mass is 35.5. The third-order valence-electron chi connectivity index (χ3n) is 2.13. The number of pyridine rings is 1. The van der Waals surface area contributed by atoms with Gasteiger partial charge in [-0.2, -0.15) is 0 Å². The molecule has 2 rings (SSSR count). The zero-order valence-electron chi connectivity index (χ0n) is 9.23. The van der Waals surface area contributed by atoms with Gasteiger partial charge in [-0.1, -0.05) is 23.4 Å². The van der Waals surface area contributed by atoms with Crippen LogP contribution in [0.5, 0.6) is 0 Å². The highest BCUT2D eigenvalue weighted by Gasteiger charge is 2.13. The van der Waals surface area contributed by atoms with Crippen molar-refractivity contribution in [3.8, 4) is 0 Å². The molecule has 19 heavy (non-hydrogen) atoms. The number of aromatic nitrogens is 1. The Hall–Kier alpha value is -1.66. The summed E-state index contributed by atoms with van der Waals surface area (Å²) in [5.74, 6) is -2.48. The quantitative estimate of drug-likeness (QED) is 0.935. The third-order valence-corrected chi connectivity index (χ3v) is 3.41. The van der Waals surface area contributed by atoms with Gasteiger partial charge in [0.2, 0.25) is 0 Å². The molecule has 2 aromatic rings. The van der Waals surface area contributed by atoms with E-state index in [1.54, 1.807) is 0 Å². The second-order valence-electron chi connectivity index (χ2n) is 3.46. The van der Waals surface area contributed by atoms with Crippen LogP contribution in [0.3, 0.4) is 0 Å². The van der Waals surface area contributed by atoms with Gasteiger partial charge >= 0.3 is 5.97 Å². The van der Waals surface area contributed by atoms with Gasteiger partial charge in [-0.25, -0.2) is 18.6 Å². The molecule has 0 radical (unpaired) electrons. The van der Waals surface area contributed by atoms with Crippen LogP contribution in [0.1, 0.15) is 10.5 Å². The van der Waals surface area contributed by atoms with E-state index in [9.17, 15) is 13.6 Å². The zero-order chi connectivity index (χ0) is 14.0. The van der Waals surface area contributed by atoms with E-state index in [2.05, 4.69) is 4.98 Å². The van der Waals surface area contributed by atoms with Gasteiger partial charge in [0.25, 0.3) is 0 Å². The smallest absolute Gasteiger partial charge is 0.356 e. The number of halogens is 3. The highest BCUT2D eigenvalue weighted by molar-refractivity contribution is 7.99. The van der Waals surface area contributed by atoms with E-state index in [1.165, 1.54) is 12.1 Å². The fourth-order valence-electron chi connectivity index (χ4n) is 1.30. The number of hydrogen-bond donors (Lipinski definition) is 1. The normalized spacial score (nSPS) is 10.5. The Morgan fingerprint density at radius 2 is 2.00 bits per heavy atom. The van der Waals surface area contributed by atoms with E-state index in [1.807, 2.05) is 0 Å². The number of rotatable bonds is 3. The number of nitrogens with zero attached hydrogens (tertiary/aromatic N) is 1. The molecule has 3 nitrogen and oxygen atoms in total. The Kier molecular flexibility index (Phi) is 4.01. The average Bonchev–Trinajstić information content (AvgIpc) is 2.36. The summed E-state index contributed by atoms with van der Waals surface area (Å²) in [4.78, 5) is 14.7. The van der Waals surface area contributed by atoms with Gasteiger partial charge < -0.3 is 5.11 Å². The fraction of sp³-hybridized carbons (Fsp3) is 0. The molecule has 0 atom stereocenters. The van der Waals surface area contributed by atoms with E-state index in [-0.39, 0.29) is 20.6 Å². The minimum absolute atomic E-state index is 0.0171. The molecule has 0 saturated heterocycles. The van der Waals surface area contributed by atoms with Crippen LogP contribution in [0.2, 0.25) is 5.02 Å². The van der Waals surface area contributed by atoms with Gasteiger partial charge in [-0.3, -0.25) is 0 Å². The summed E-state index contributed by atoms with van der Waals surface area (Å²) in [5.41, 5.74) is -0.330. The van der Waals surface area contributed by atoms with Crippen molar-refractivity contribution in [1.82, 2.24) is 4.98 Å². The van der Waals surface area contributed by atoms with Crippen molar-refractivity contribution in [2.75, 3.05) is 0 Å². The molecule has 98 valence electrons. The van der Waals surface area contributed by atoms with Gasteiger partial charge in [-0.15, -0.1) is 0 Å². The molecule has 1 aromatic carbocycles. The van der Waals surface area contributed by atoms with Crippen LogP contribution in [0.15, 0.2) is 40.3 Å². The van der Waals surface area contributed by atoms with Crippen molar-refractivity contribution >= 4 is 29.3 Å². The summed E-state index contributed by atoms with van der Waals surface area (Å²) >= 11 is 6.48. The van der Waals surface area contributed by atoms with Crippen LogP contribution in [-0.4, -0.2) is 16.1 Å². The largest absolute Gasteiger partial charge is 0.476 e. The summed E-state index contributed by atoms with van der Waals surface area (Å²) in [6.07, 6.45) is 0. The van der Waals surface area contributed by atoms with Crippen LogP contribution < -0.4 is 0 Å². The molecule has 0 aliphatic heterocycles. The highest BCUT2D eigenvalue weighted by Crippen LogP contribution is 2.30. The second-order valence-corrected chi connectivity index (χ2v) is 4.93. The molecular formula is C12H6ClF2NO2S. The Morgan fingerprint density at radius 1 is 1.26 bits per heavy atom. The predicted molar refractivity (Wildman–Crippen MR) is 66.7 cm³/mol. The lowest BCUT2D eigenvalue weighted by atomic mass is 10.3. The van der Waals surface area contributed by atoms with Crippen molar-refractivity contribution in [1.29, 1.82) is 0 Å². The van der Waals surface area contributed by atoms with Crippen molar-refractivity contribution in [2.24, 2.45) is 0 Å². The number of carboxylic acid groups (broad SMARTS) is 1. The number of carbonyl (C=O) groups is 1. The van der Waals surface area contributed by atoms with Crippen molar-refractivity contribution in [2.45, 2.75) is 9.92 Å². The van der Waals surface area contributed by atoms with E-state index in [0.717, 1.165) is 30.0 Å². The minimum Gasteiger partial charge on any atom is -0.476 e. The number of carboxylic acids is 1. The molecule has 0 saturated carbocycles. The van der Waals surface area contributed by atoms with E-state index in [4.69, 9.17) is 16.7 Å². The lowest BCUT2D eigenvalue weighted by molar-refractivity contribution is 0.0690. The predicted octanol–water partition coefficient (Wildman–Crippen LogP) is 3.86. The molecule has 1 aromatic heterocycles. The first-order chi connectivity index (χ1) is 8.97. The van der Waals surface area contributed by atoms with Crippen LogP contribution in [-0.2, 0) is 0 Å². The summed E-state index contributed by atoms with van der Waals surface area (Å²) in [6, 6.07) is 5.78. The third kappa shape index (κ3) is 3.21. The summed E-state index contributed by atoms with van der Waals surface area (Å²) in [7, 11) is 0. The number of aromatic carboxylic acids is 1. The van der Waals surface area contributed by atoms with Crippen LogP contribution in [0, 0.1) is 11.6 Å². The fourth-order valence-corrected chi connectivity index (χ4v) is 2.32. The topological polar surface area (TPSA) is 50.2 Å². The van der Waals surface area contributed by atoms with Crippen molar-refractivity contribution < 1.29 is 18.7 Å². The Balaban J connectivity index is 2.36. The SMILES string of the molecule is O=C(O)c1nc(Sc2cc(F)ccc2F)ccc1Cl. The van der Waals surface area contributed by atoms with E-state index >= 15 is 0 Å². The van der Waals surface area contributed by atoms with Crippen molar-refractivity contribution in [3.63, 3.8) is 0 Å². The lowest BCUT2D eigenvalue weighted by Crippen LogP contribution is -2.01. The molecule has 0 unspecified atom stereocenters. The van der Waals surface area contributed by atoms with E-state index in [0.29, 0.717) is 0 Å². The Labute approximate surface area is 116 Å². The molecule has 0 spiro atoms. The second kappa shape index (κ2) is 5.54. The van der Waals surface area contributed by atoms with Crippen LogP contribution in [0.25, 0.3) is 0 Å². The molecule has 7 heteroatoms. The Bertz CT molecular complexity index is 652. The van der Waals surface area contributed by atoms with Crippen LogP contribution >= 0.6 is 23.4 Å². The first-order valence-electron chi connectivity index (χ1n) is 5.00. The Morgan fingerprint density at radius 3 is 2.68 bits per heavy atom. The van der Waals surface area contributed by atoms with E-state index < -0.39 is 17.6 Å². The monoisotopic (exact) mass is 301 g/mol. The average molecular weight is 302 g/mol.